The lowest BCUT2D eigenvalue weighted by atomic mass is 9.80. The van der Waals surface area contributed by atoms with Gasteiger partial charge in [-0.1, -0.05) is 20.8 Å². The van der Waals surface area contributed by atoms with Gasteiger partial charge in [0.25, 0.3) is 0 Å². The van der Waals surface area contributed by atoms with Crippen molar-refractivity contribution >= 4 is 15.8 Å². The van der Waals surface area contributed by atoms with Crippen LogP contribution in [-0.4, -0.2) is 35.6 Å². The highest BCUT2D eigenvalue weighted by Crippen LogP contribution is 2.36. The Morgan fingerprint density at radius 1 is 1.42 bits per heavy atom. The van der Waals surface area contributed by atoms with E-state index < -0.39 is 10.0 Å². The molecule has 7 heteroatoms. The van der Waals surface area contributed by atoms with E-state index in [2.05, 4.69) is 25.9 Å². The van der Waals surface area contributed by atoms with Crippen LogP contribution in [-0.2, 0) is 17.1 Å². The Morgan fingerprint density at radius 2 is 2.05 bits per heavy atom. The Kier molecular flexibility index (Phi) is 3.38. The highest BCUT2D eigenvalue weighted by atomic mass is 32.2. The summed E-state index contributed by atoms with van der Waals surface area (Å²) in [4.78, 5) is 0.115. The minimum Gasteiger partial charge on any atom is -0.381 e. The first-order valence-corrected chi connectivity index (χ1v) is 7.85. The van der Waals surface area contributed by atoms with E-state index in [1.807, 2.05) is 0 Å². The Morgan fingerprint density at radius 3 is 2.47 bits per heavy atom. The van der Waals surface area contributed by atoms with E-state index >= 15 is 0 Å². The second-order valence-corrected chi connectivity index (χ2v) is 8.17. The van der Waals surface area contributed by atoms with Crippen molar-refractivity contribution in [1.29, 1.82) is 0 Å². The predicted octanol–water partition coefficient (Wildman–Crippen LogP) is 1.06. The molecular formula is C12H22N4O2S. The van der Waals surface area contributed by atoms with Crippen LogP contribution in [0.3, 0.4) is 0 Å². The second-order valence-electron chi connectivity index (χ2n) is 6.27. The largest absolute Gasteiger partial charge is 0.381 e. The molecule has 2 heterocycles. The maximum atomic E-state index is 12.5. The monoisotopic (exact) mass is 286 g/mol. The summed E-state index contributed by atoms with van der Waals surface area (Å²) in [6.45, 7) is 7.55. The molecule has 1 saturated heterocycles. The molecule has 1 aliphatic rings. The predicted molar refractivity (Wildman–Crippen MR) is 73.9 cm³/mol. The average molecular weight is 286 g/mol. The molecule has 1 unspecified atom stereocenters. The molecule has 1 aromatic heterocycles. The van der Waals surface area contributed by atoms with Crippen molar-refractivity contribution in [2.24, 2.45) is 18.4 Å². The van der Waals surface area contributed by atoms with Gasteiger partial charge in [-0.05, 0) is 17.8 Å². The molecule has 0 aliphatic carbocycles. The zero-order valence-electron chi connectivity index (χ0n) is 11.9. The fraction of sp³-hybridized carbons (Fsp3) is 0.750. The van der Waals surface area contributed by atoms with Gasteiger partial charge in [-0.2, -0.15) is 9.40 Å². The SMILES string of the molecule is Cn1cc(S(=O)(=O)N2CCC(C(C)(C)C)C2)c(N)n1. The van der Waals surface area contributed by atoms with Crippen LogP contribution in [0.4, 0.5) is 5.82 Å². The molecule has 1 aliphatic heterocycles. The maximum absolute atomic E-state index is 12.5. The molecule has 0 bridgehead atoms. The molecule has 0 aromatic carbocycles. The van der Waals surface area contributed by atoms with Crippen molar-refractivity contribution in [3.8, 4) is 0 Å². The van der Waals surface area contributed by atoms with Crippen molar-refractivity contribution in [2.75, 3.05) is 18.8 Å². The number of aromatic nitrogens is 2. The van der Waals surface area contributed by atoms with E-state index in [0.717, 1.165) is 6.42 Å². The number of aryl methyl sites for hydroxylation is 1. The van der Waals surface area contributed by atoms with Crippen molar-refractivity contribution in [2.45, 2.75) is 32.1 Å². The summed E-state index contributed by atoms with van der Waals surface area (Å²) in [5, 5.41) is 3.91. The fourth-order valence-corrected chi connectivity index (χ4v) is 4.07. The van der Waals surface area contributed by atoms with Crippen LogP contribution in [0.15, 0.2) is 11.1 Å². The van der Waals surface area contributed by atoms with Gasteiger partial charge in [0.15, 0.2) is 5.82 Å². The number of nitrogens with two attached hydrogens (primary N) is 1. The van der Waals surface area contributed by atoms with Crippen LogP contribution >= 0.6 is 0 Å². The zero-order chi connectivity index (χ0) is 14.4. The van der Waals surface area contributed by atoms with Gasteiger partial charge in [-0.3, -0.25) is 4.68 Å². The van der Waals surface area contributed by atoms with Gasteiger partial charge < -0.3 is 5.73 Å². The smallest absolute Gasteiger partial charge is 0.248 e. The van der Waals surface area contributed by atoms with Crippen LogP contribution < -0.4 is 5.73 Å². The molecule has 0 spiro atoms. The lowest BCUT2D eigenvalue weighted by Crippen LogP contribution is -2.31. The lowest BCUT2D eigenvalue weighted by molar-refractivity contribution is 0.252. The van der Waals surface area contributed by atoms with Crippen LogP contribution in [0.2, 0.25) is 0 Å². The van der Waals surface area contributed by atoms with Gasteiger partial charge in [0.1, 0.15) is 4.90 Å². The summed E-state index contributed by atoms with van der Waals surface area (Å²) in [6, 6.07) is 0. The van der Waals surface area contributed by atoms with Gasteiger partial charge in [-0.15, -0.1) is 0 Å². The number of hydrogen-bond donors (Lipinski definition) is 1. The highest BCUT2D eigenvalue weighted by Gasteiger charge is 2.38. The molecule has 6 nitrogen and oxygen atoms in total. The summed E-state index contributed by atoms with van der Waals surface area (Å²) >= 11 is 0. The molecular weight excluding hydrogens is 264 g/mol. The average Bonchev–Trinajstić information content (AvgIpc) is 2.83. The standard InChI is InChI=1S/C12H22N4O2S/c1-12(2,3)9-5-6-16(7-9)19(17,18)10-8-15(4)14-11(10)13/h8-9H,5-7H2,1-4H3,(H2,13,14). The van der Waals surface area contributed by atoms with Gasteiger partial charge in [-0.25, -0.2) is 8.42 Å². The van der Waals surface area contributed by atoms with Crippen LogP contribution in [0.5, 0.6) is 0 Å². The van der Waals surface area contributed by atoms with Gasteiger partial charge in [0.05, 0.1) is 0 Å². The molecule has 1 fully saturated rings. The Labute approximate surface area is 114 Å². The maximum Gasteiger partial charge on any atom is 0.248 e. The number of rotatable bonds is 2. The van der Waals surface area contributed by atoms with E-state index in [-0.39, 0.29) is 16.1 Å². The molecule has 1 aromatic rings. The van der Waals surface area contributed by atoms with E-state index in [1.54, 1.807) is 7.05 Å². The Hall–Kier alpha value is -1.08. The Bertz CT molecular complexity index is 571. The minimum atomic E-state index is -3.52. The molecule has 108 valence electrons. The van der Waals surface area contributed by atoms with E-state index in [9.17, 15) is 8.42 Å². The van der Waals surface area contributed by atoms with Crippen molar-refractivity contribution in [1.82, 2.24) is 14.1 Å². The topological polar surface area (TPSA) is 81.2 Å². The Balaban J connectivity index is 2.26. The van der Waals surface area contributed by atoms with Gasteiger partial charge in [0, 0.05) is 26.3 Å². The van der Waals surface area contributed by atoms with Crippen molar-refractivity contribution in [3.63, 3.8) is 0 Å². The van der Waals surface area contributed by atoms with E-state index in [1.165, 1.54) is 15.2 Å². The van der Waals surface area contributed by atoms with Crippen LogP contribution in [0.25, 0.3) is 0 Å². The quantitative estimate of drug-likeness (QED) is 0.881. The van der Waals surface area contributed by atoms with E-state index in [0.29, 0.717) is 19.0 Å². The summed E-state index contributed by atoms with van der Waals surface area (Å²) in [6.07, 6.45) is 2.36. The first-order chi connectivity index (χ1) is 8.62. The third-order valence-corrected chi connectivity index (χ3v) is 5.70. The number of sulfonamides is 1. The molecule has 19 heavy (non-hydrogen) atoms. The molecule has 0 radical (unpaired) electrons. The number of nitrogens with zero attached hydrogens (tertiary/aromatic N) is 3. The molecule has 0 amide bonds. The third-order valence-electron chi connectivity index (χ3n) is 3.82. The first kappa shape index (κ1) is 14.3. The molecule has 2 rings (SSSR count). The zero-order valence-corrected chi connectivity index (χ0v) is 12.7. The summed E-state index contributed by atoms with van der Waals surface area (Å²) in [7, 11) is -1.85. The molecule has 2 N–H and O–H groups in total. The van der Waals surface area contributed by atoms with Gasteiger partial charge >= 0.3 is 0 Å². The minimum absolute atomic E-state index is 0.0710. The van der Waals surface area contributed by atoms with Crippen LogP contribution in [0, 0.1) is 11.3 Å². The van der Waals surface area contributed by atoms with Crippen LogP contribution in [0.1, 0.15) is 27.2 Å². The molecule has 1 atom stereocenters. The number of hydrogen-bond acceptors (Lipinski definition) is 4. The van der Waals surface area contributed by atoms with E-state index in [4.69, 9.17) is 5.73 Å². The first-order valence-electron chi connectivity index (χ1n) is 6.41. The normalized spacial score (nSPS) is 22.0. The highest BCUT2D eigenvalue weighted by molar-refractivity contribution is 7.89. The lowest BCUT2D eigenvalue weighted by Gasteiger charge is -2.26. The summed E-state index contributed by atoms with van der Waals surface area (Å²) in [5.74, 6) is 0.446. The number of nitrogen functional groups attached to an aromatic ring is 1. The third kappa shape index (κ3) is 2.62. The summed E-state index contributed by atoms with van der Waals surface area (Å²) < 4.78 is 28.0. The number of anilines is 1. The fourth-order valence-electron chi connectivity index (χ4n) is 2.48. The summed E-state index contributed by atoms with van der Waals surface area (Å²) in [5.41, 5.74) is 5.79. The van der Waals surface area contributed by atoms with Gasteiger partial charge in [0.2, 0.25) is 10.0 Å². The second kappa shape index (κ2) is 4.49. The van der Waals surface area contributed by atoms with Crippen molar-refractivity contribution < 1.29 is 8.42 Å². The molecule has 0 saturated carbocycles. The van der Waals surface area contributed by atoms with Crippen molar-refractivity contribution in [3.05, 3.63) is 6.20 Å².